The second kappa shape index (κ2) is 8.21. The third-order valence-corrected chi connectivity index (χ3v) is 4.79. The van der Waals surface area contributed by atoms with Crippen LogP contribution in [0.5, 0.6) is 0 Å². The van der Waals surface area contributed by atoms with Crippen molar-refractivity contribution >= 4 is 49.4 Å². The summed E-state index contributed by atoms with van der Waals surface area (Å²) in [6.07, 6.45) is 4.50. The Morgan fingerprint density at radius 2 is 2.26 bits per heavy atom. The highest BCUT2D eigenvalue weighted by molar-refractivity contribution is 9.10. The molecule has 0 spiro atoms. The van der Waals surface area contributed by atoms with Gasteiger partial charge in [0.1, 0.15) is 6.04 Å². The molecular weight excluding hydrogens is 380 g/mol. The Morgan fingerprint density at radius 1 is 1.48 bits per heavy atom. The van der Waals surface area contributed by atoms with Crippen LogP contribution in [0, 0.1) is 0 Å². The average Bonchev–Trinajstić information content (AvgIpc) is 2.91. The minimum atomic E-state index is -1.03. The number of halogens is 1. The number of nitrogens with one attached hydrogen (secondary N) is 1. The molecule has 122 valence electrons. The minimum absolute atomic E-state index is 0.223. The van der Waals surface area contributed by atoms with Crippen LogP contribution in [0.25, 0.3) is 10.2 Å². The average molecular weight is 397 g/mol. The maximum absolute atomic E-state index is 11.9. The largest absolute Gasteiger partial charge is 0.480 e. The summed E-state index contributed by atoms with van der Waals surface area (Å²) < 4.78 is 2.04. The fourth-order valence-electron chi connectivity index (χ4n) is 2.04. The molecule has 0 fully saturated rings. The Balaban J connectivity index is 1.93. The van der Waals surface area contributed by atoms with Crippen LogP contribution in [-0.4, -0.2) is 28.0 Å². The van der Waals surface area contributed by atoms with E-state index in [1.807, 2.05) is 25.1 Å². The fraction of sp³-hybridized carbons (Fsp3) is 0.312. The molecule has 1 aromatic heterocycles. The number of carboxylic acid groups (broad SMARTS) is 1. The van der Waals surface area contributed by atoms with E-state index in [0.717, 1.165) is 19.7 Å². The van der Waals surface area contributed by atoms with Crippen molar-refractivity contribution in [3.05, 3.63) is 39.8 Å². The molecule has 0 aliphatic carbocycles. The predicted molar refractivity (Wildman–Crippen MR) is 94.6 cm³/mol. The normalized spacial score (nSPS) is 12.6. The van der Waals surface area contributed by atoms with Crippen molar-refractivity contribution in [2.45, 2.75) is 32.2 Å². The van der Waals surface area contributed by atoms with Gasteiger partial charge in [-0.1, -0.05) is 28.1 Å². The van der Waals surface area contributed by atoms with E-state index in [-0.39, 0.29) is 18.7 Å². The third kappa shape index (κ3) is 5.14. The van der Waals surface area contributed by atoms with Crippen LogP contribution in [0.4, 0.5) is 0 Å². The zero-order valence-electron chi connectivity index (χ0n) is 12.6. The Kier molecular flexibility index (Phi) is 6.29. The van der Waals surface area contributed by atoms with Crippen molar-refractivity contribution in [2.75, 3.05) is 0 Å². The summed E-state index contributed by atoms with van der Waals surface area (Å²) in [5.41, 5.74) is 0.899. The maximum Gasteiger partial charge on any atom is 0.326 e. The van der Waals surface area contributed by atoms with Crippen LogP contribution in [0.15, 0.2) is 34.8 Å². The summed E-state index contributed by atoms with van der Waals surface area (Å²) in [6, 6.07) is 4.99. The summed E-state index contributed by atoms with van der Waals surface area (Å²) >= 11 is 4.95. The van der Waals surface area contributed by atoms with Gasteiger partial charge in [-0.2, -0.15) is 0 Å². The number of benzene rings is 1. The molecule has 2 aromatic rings. The van der Waals surface area contributed by atoms with Gasteiger partial charge in [0.05, 0.1) is 15.2 Å². The van der Waals surface area contributed by atoms with Crippen molar-refractivity contribution in [2.24, 2.45) is 0 Å². The molecule has 7 heteroatoms. The highest BCUT2D eigenvalue weighted by Crippen LogP contribution is 2.25. The molecule has 0 saturated carbocycles. The van der Waals surface area contributed by atoms with E-state index < -0.39 is 12.0 Å². The quantitative estimate of drug-likeness (QED) is 0.701. The van der Waals surface area contributed by atoms with Crippen molar-refractivity contribution < 1.29 is 14.7 Å². The fourth-order valence-corrected chi connectivity index (χ4v) is 3.33. The number of aliphatic carboxylic acids is 1. The smallest absolute Gasteiger partial charge is 0.326 e. The Morgan fingerprint density at radius 3 is 2.96 bits per heavy atom. The van der Waals surface area contributed by atoms with E-state index in [4.69, 9.17) is 5.11 Å². The monoisotopic (exact) mass is 396 g/mol. The molecule has 1 heterocycles. The van der Waals surface area contributed by atoms with Gasteiger partial charge in [-0.15, -0.1) is 11.3 Å². The molecule has 0 bridgehead atoms. The zero-order chi connectivity index (χ0) is 16.8. The van der Waals surface area contributed by atoms with E-state index in [1.54, 1.807) is 23.5 Å². The first-order valence-corrected chi connectivity index (χ1v) is 8.79. The summed E-state index contributed by atoms with van der Waals surface area (Å²) in [4.78, 5) is 27.5. The number of amides is 1. The minimum Gasteiger partial charge on any atom is -0.480 e. The molecule has 0 radical (unpaired) electrons. The standard InChI is InChI=1S/C16H17BrN2O3S/c1-2-3-4-11(16(21)22)18-14(20)7-8-15-19-12-9-10(17)5-6-13(12)23-15/h2-3,5-6,9,11H,4,7-8H2,1H3,(H,18,20)(H,21,22)/b3-2+. The van der Waals surface area contributed by atoms with Crippen molar-refractivity contribution in [3.8, 4) is 0 Å². The number of carbonyl (C=O) groups is 2. The SMILES string of the molecule is C/C=C/CC(NC(=O)CCc1nc2cc(Br)ccc2s1)C(=O)O. The lowest BCUT2D eigenvalue weighted by Gasteiger charge is -2.12. The van der Waals surface area contributed by atoms with Crippen molar-refractivity contribution in [3.63, 3.8) is 0 Å². The molecule has 0 saturated heterocycles. The third-order valence-electron chi connectivity index (χ3n) is 3.20. The number of hydrogen-bond acceptors (Lipinski definition) is 4. The Labute approximate surface area is 146 Å². The Bertz CT molecular complexity index is 742. The highest BCUT2D eigenvalue weighted by atomic mass is 79.9. The van der Waals surface area contributed by atoms with Crippen LogP contribution in [0.3, 0.4) is 0 Å². The number of nitrogens with zero attached hydrogens (tertiary/aromatic N) is 1. The summed E-state index contributed by atoms with van der Waals surface area (Å²) in [6.45, 7) is 1.81. The predicted octanol–water partition coefficient (Wildman–Crippen LogP) is 3.53. The van der Waals surface area contributed by atoms with Gasteiger partial charge < -0.3 is 10.4 Å². The maximum atomic E-state index is 11.9. The molecule has 0 aliphatic rings. The van der Waals surface area contributed by atoms with Gasteiger partial charge in [0.25, 0.3) is 0 Å². The first-order valence-electron chi connectivity index (χ1n) is 7.18. The lowest BCUT2D eigenvalue weighted by molar-refractivity contribution is -0.141. The van der Waals surface area contributed by atoms with E-state index in [9.17, 15) is 9.59 Å². The number of hydrogen-bond donors (Lipinski definition) is 2. The molecule has 1 amide bonds. The van der Waals surface area contributed by atoms with Crippen molar-refractivity contribution in [1.29, 1.82) is 0 Å². The van der Waals surface area contributed by atoms with E-state index in [1.165, 1.54) is 0 Å². The van der Waals surface area contributed by atoms with Gasteiger partial charge in [-0.05, 0) is 31.5 Å². The first kappa shape index (κ1) is 17.6. The van der Waals surface area contributed by atoms with Crippen LogP contribution in [0.2, 0.25) is 0 Å². The molecular formula is C16H17BrN2O3S. The van der Waals surface area contributed by atoms with Crippen LogP contribution in [0.1, 0.15) is 24.8 Å². The molecule has 1 atom stereocenters. The molecule has 23 heavy (non-hydrogen) atoms. The van der Waals surface area contributed by atoms with Gasteiger partial charge in [-0.3, -0.25) is 4.79 Å². The number of aromatic nitrogens is 1. The molecule has 1 aromatic carbocycles. The van der Waals surface area contributed by atoms with Crippen LogP contribution >= 0.6 is 27.3 Å². The summed E-state index contributed by atoms with van der Waals surface area (Å²) in [5.74, 6) is -1.30. The van der Waals surface area contributed by atoms with Gasteiger partial charge in [-0.25, -0.2) is 9.78 Å². The number of carbonyl (C=O) groups excluding carboxylic acids is 1. The second-order valence-electron chi connectivity index (χ2n) is 4.98. The van der Waals surface area contributed by atoms with E-state index in [2.05, 4.69) is 26.2 Å². The lowest BCUT2D eigenvalue weighted by Crippen LogP contribution is -2.40. The van der Waals surface area contributed by atoms with E-state index >= 15 is 0 Å². The second-order valence-corrected chi connectivity index (χ2v) is 7.01. The lowest BCUT2D eigenvalue weighted by atomic mass is 10.2. The van der Waals surface area contributed by atoms with Gasteiger partial charge in [0.15, 0.2) is 0 Å². The summed E-state index contributed by atoms with van der Waals surface area (Å²) in [5, 5.41) is 12.5. The Hall–Kier alpha value is -1.73. The zero-order valence-corrected chi connectivity index (χ0v) is 15.0. The van der Waals surface area contributed by atoms with Gasteiger partial charge in [0, 0.05) is 17.3 Å². The first-order chi connectivity index (χ1) is 11.0. The number of allylic oxidation sites excluding steroid dienone is 1. The number of fused-ring (bicyclic) bond motifs is 1. The van der Waals surface area contributed by atoms with Gasteiger partial charge >= 0.3 is 5.97 Å². The van der Waals surface area contributed by atoms with Crippen molar-refractivity contribution in [1.82, 2.24) is 10.3 Å². The number of carboxylic acids is 1. The number of thiazole rings is 1. The molecule has 0 aliphatic heterocycles. The van der Waals surface area contributed by atoms with E-state index in [0.29, 0.717) is 6.42 Å². The van der Waals surface area contributed by atoms with Gasteiger partial charge in [0.2, 0.25) is 5.91 Å². The number of rotatable bonds is 7. The molecule has 1 unspecified atom stereocenters. The molecule has 2 rings (SSSR count). The topological polar surface area (TPSA) is 79.3 Å². The summed E-state index contributed by atoms with van der Waals surface area (Å²) in [7, 11) is 0. The molecule has 2 N–H and O–H groups in total. The highest BCUT2D eigenvalue weighted by Gasteiger charge is 2.18. The van der Waals surface area contributed by atoms with Crippen LogP contribution < -0.4 is 5.32 Å². The number of aryl methyl sites for hydroxylation is 1. The molecule has 5 nitrogen and oxygen atoms in total. The van der Waals surface area contributed by atoms with Crippen LogP contribution in [-0.2, 0) is 16.0 Å².